The first kappa shape index (κ1) is 19.1. The molecule has 2 N–H and O–H groups in total. The van der Waals surface area contributed by atoms with Gasteiger partial charge in [0.25, 0.3) is 0 Å². The molecular formula is C17H24BrCl2N3. The fourth-order valence-electron chi connectivity index (χ4n) is 3.82. The van der Waals surface area contributed by atoms with Crippen LogP contribution < -0.4 is 5.32 Å². The van der Waals surface area contributed by atoms with E-state index in [4.69, 9.17) is 0 Å². The molecule has 2 aliphatic rings. The van der Waals surface area contributed by atoms with Gasteiger partial charge in [0.15, 0.2) is 0 Å². The van der Waals surface area contributed by atoms with E-state index in [-0.39, 0.29) is 24.8 Å². The van der Waals surface area contributed by atoms with Crippen molar-refractivity contribution in [2.75, 3.05) is 26.2 Å². The molecule has 0 unspecified atom stereocenters. The molecule has 1 aliphatic carbocycles. The molecule has 0 bridgehead atoms. The third-order valence-corrected chi connectivity index (χ3v) is 5.63. The SMILES string of the molecule is Brc1ccc2[nH]cc([C@H](C3CCC3)N3CCNCC3)c2c1.Cl.Cl. The van der Waals surface area contributed by atoms with E-state index >= 15 is 0 Å². The molecule has 4 rings (SSSR count). The maximum absolute atomic E-state index is 3.63. The predicted molar refractivity (Wildman–Crippen MR) is 105 cm³/mol. The maximum Gasteiger partial charge on any atom is 0.0458 e. The van der Waals surface area contributed by atoms with Crippen LogP contribution in [-0.4, -0.2) is 36.1 Å². The van der Waals surface area contributed by atoms with Crippen LogP contribution >= 0.6 is 40.7 Å². The molecule has 3 nitrogen and oxygen atoms in total. The first-order valence-electron chi connectivity index (χ1n) is 8.04. The van der Waals surface area contributed by atoms with E-state index in [0.717, 1.165) is 19.0 Å². The molecule has 2 aromatic rings. The molecule has 1 aromatic heterocycles. The van der Waals surface area contributed by atoms with Crippen LogP contribution in [0, 0.1) is 5.92 Å². The van der Waals surface area contributed by atoms with Gasteiger partial charge in [0.05, 0.1) is 0 Å². The lowest BCUT2D eigenvalue weighted by Gasteiger charge is -2.43. The molecular weight excluding hydrogens is 397 g/mol. The van der Waals surface area contributed by atoms with Gasteiger partial charge in [0.2, 0.25) is 0 Å². The summed E-state index contributed by atoms with van der Waals surface area (Å²) in [6.07, 6.45) is 6.42. The molecule has 1 saturated carbocycles. The highest BCUT2D eigenvalue weighted by Crippen LogP contribution is 2.43. The van der Waals surface area contributed by atoms with E-state index in [9.17, 15) is 0 Å². The number of halogens is 3. The van der Waals surface area contributed by atoms with E-state index < -0.39 is 0 Å². The van der Waals surface area contributed by atoms with Gasteiger partial charge < -0.3 is 10.3 Å². The Labute approximate surface area is 158 Å². The Morgan fingerprint density at radius 1 is 1.13 bits per heavy atom. The summed E-state index contributed by atoms with van der Waals surface area (Å²) in [4.78, 5) is 6.17. The van der Waals surface area contributed by atoms with Gasteiger partial charge in [0, 0.05) is 53.8 Å². The van der Waals surface area contributed by atoms with Gasteiger partial charge in [-0.3, -0.25) is 4.90 Å². The minimum atomic E-state index is 0. The molecule has 1 saturated heterocycles. The van der Waals surface area contributed by atoms with Gasteiger partial charge in [-0.15, -0.1) is 24.8 Å². The number of fused-ring (bicyclic) bond motifs is 1. The second-order valence-electron chi connectivity index (χ2n) is 6.36. The number of piperazine rings is 1. The van der Waals surface area contributed by atoms with Crippen molar-refractivity contribution < 1.29 is 0 Å². The van der Waals surface area contributed by atoms with Crippen molar-refractivity contribution in [1.29, 1.82) is 0 Å². The maximum atomic E-state index is 3.63. The van der Waals surface area contributed by atoms with Crippen molar-refractivity contribution in [3.8, 4) is 0 Å². The minimum Gasteiger partial charge on any atom is -0.361 e. The first-order valence-corrected chi connectivity index (χ1v) is 8.83. The van der Waals surface area contributed by atoms with Gasteiger partial charge in [-0.25, -0.2) is 0 Å². The number of aromatic nitrogens is 1. The molecule has 0 spiro atoms. The number of hydrogen-bond acceptors (Lipinski definition) is 2. The lowest BCUT2D eigenvalue weighted by Crippen LogP contribution is -2.47. The summed E-state index contributed by atoms with van der Waals surface area (Å²) in [5.74, 6) is 0.834. The normalized spacial score (nSPS) is 20.4. The number of H-pyrrole nitrogens is 1. The van der Waals surface area contributed by atoms with Gasteiger partial charge in [-0.2, -0.15) is 0 Å². The smallest absolute Gasteiger partial charge is 0.0458 e. The van der Waals surface area contributed by atoms with Crippen molar-refractivity contribution in [2.45, 2.75) is 25.3 Å². The molecule has 1 atom stereocenters. The number of benzene rings is 1. The molecule has 2 heterocycles. The van der Waals surface area contributed by atoms with Gasteiger partial charge >= 0.3 is 0 Å². The van der Waals surface area contributed by atoms with E-state index in [1.807, 2.05) is 0 Å². The molecule has 1 aliphatic heterocycles. The number of nitrogens with zero attached hydrogens (tertiary/aromatic N) is 1. The van der Waals surface area contributed by atoms with Crippen molar-refractivity contribution in [3.63, 3.8) is 0 Å². The Balaban J connectivity index is 0.000000960. The monoisotopic (exact) mass is 419 g/mol. The van der Waals surface area contributed by atoms with Crippen LogP contribution in [0.25, 0.3) is 10.9 Å². The van der Waals surface area contributed by atoms with Crippen molar-refractivity contribution in [2.24, 2.45) is 5.92 Å². The molecule has 1 aromatic carbocycles. The third kappa shape index (κ3) is 3.72. The highest BCUT2D eigenvalue weighted by molar-refractivity contribution is 9.10. The zero-order valence-corrected chi connectivity index (χ0v) is 16.3. The summed E-state index contributed by atoms with van der Waals surface area (Å²) in [6, 6.07) is 7.16. The van der Waals surface area contributed by atoms with E-state index in [0.29, 0.717) is 6.04 Å². The standard InChI is InChI=1S/C17H22BrN3.2ClH/c18-13-4-5-16-14(10-13)15(11-20-16)17(12-2-1-3-12)21-8-6-19-7-9-21;;/h4-5,10-12,17,19-20H,1-3,6-9H2;2*1H/t17-;;/m0../s1. The summed E-state index contributed by atoms with van der Waals surface area (Å²) < 4.78 is 1.17. The summed E-state index contributed by atoms with van der Waals surface area (Å²) in [5.41, 5.74) is 2.76. The minimum absolute atomic E-state index is 0. The van der Waals surface area contributed by atoms with Crippen LogP contribution in [0.4, 0.5) is 0 Å². The van der Waals surface area contributed by atoms with Crippen molar-refractivity contribution >= 4 is 51.6 Å². The molecule has 6 heteroatoms. The average molecular weight is 421 g/mol. The van der Waals surface area contributed by atoms with Gasteiger partial charge in [0.1, 0.15) is 0 Å². The van der Waals surface area contributed by atoms with Gasteiger partial charge in [-0.1, -0.05) is 22.4 Å². The lowest BCUT2D eigenvalue weighted by molar-refractivity contribution is 0.0846. The number of aromatic amines is 1. The highest BCUT2D eigenvalue weighted by Gasteiger charge is 2.34. The van der Waals surface area contributed by atoms with E-state index in [1.165, 1.54) is 53.3 Å². The lowest BCUT2D eigenvalue weighted by atomic mass is 9.76. The van der Waals surface area contributed by atoms with Crippen molar-refractivity contribution in [3.05, 3.63) is 34.4 Å². The predicted octanol–water partition coefficient (Wildman–Crippen LogP) is 4.52. The Bertz CT molecular complexity index is 636. The average Bonchev–Trinajstić information content (AvgIpc) is 2.86. The Morgan fingerprint density at radius 3 is 2.52 bits per heavy atom. The van der Waals surface area contributed by atoms with Crippen LogP contribution in [0.2, 0.25) is 0 Å². The van der Waals surface area contributed by atoms with Crippen LogP contribution in [0.15, 0.2) is 28.9 Å². The second-order valence-corrected chi connectivity index (χ2v) is 7.27. The topological polar surface area (TPSA) is 31.1 Å². The highest BCUT2D eigenvalue weighted by atomic mass is 79.9. The van der Waals surface area contributed by atoms with Crippen LogP contribution in [0.1, 0.15) is 30.9 Å². The quantitative estimate of drug-likeness (QED) is 0.764. The molecule has 2 fully saturated rings. The number of rotatable bonds is 3. The fourth-order valence-corrected chi connectivity index (χ4v) is 4.18. The van der Waals surface area contributed by atoms with E-state index in [2.05, 4.69) is 55.5 Å². The molecule has 0 radical (unpaired) electrons. The summed E-state index contributed by atoms with van der Waals surface area (Å²) in [7, 11) is 0. The first-order chi connectivity index (χ1) is 10.3. The van der Waals surface area contributed by atoms with Crippen LogP contribution in [0.5, 0.6) is 0 Å². The molecule has 128 valence electrons. The molecule has 0 amide bonds. The molecule has 23 heavy (non-hydrogen) atoms. The zero-order valence-electron chi connectivity index (χ0n) is 13.1. The Hall–Kier alpha value is -0.260. The Kier molecular flexibility index (Phi) is 6.81. The third-order valence-electron chi connectivity index (χ3n) is 5.14. The largest absolute Gasteiger partial charge is 0.361 e. The van der Waals surface area contributed by atoms with Crippen LogP contribution in [-0.2, 0) is 0 Å². The zero-order chi connectivity index (χ0) is 14.2. The van der Waals surface area contributed by atoms with Crippen molar-refractivity contribution in [1.82, 2.24) is 15.2 Å². The Morgan fingerprint density at radius 2 is 1.87 bits per heavy atom. The van der Waals surface area contributed by atoms with Crippen LogP contribution in [0.3, 0.4) is 0 Å². The van der Waals surface area contributed by atoms with Gasteiger partial charge in [-0.05, 0) is 42.5 Å². The fraction of sp³-hybridized carbons (Fsp3) is 0.529. The van der Waals surface area contributed by atoms with E-state index in [1.54, 1.807) is 0 Å². The summed E-state index contributed by atoms with van der Waals surface area (Å²) in [6.45, 7) is 4.58. The second kappa shape index (κ2) is 8.21. The summed E-state index contributed by atoms with van der Waals surface area (Å²) >= 11 is 3.63. The number of nitrogens with one attached hydrogen (secondary N) is 2. The summed E-state index contributed by atoms with van der Waals surface area (Å²) in [5, 5.41) is 4.87. The number of hydrogen-bond donors (Lipinski definition) is 2.